The summed E-state index contributed by atoms with van der Waals surface area (Å²) in [6.45, 7) is 6.35. The third kappa shape index (κ3) is 4.18. The van der Waals surface area contributed by atoms with Crippen molar-refractivity contribution in [2.45, 2.75) is 31.9 Å². The van der Waals surface area contributed by atoms with Crippen LogP contribution in [-0.2, 0) is 14.3 Å². The summed E-state index contributed by atoms with van der Waals surface area (Å²) in [5.74, 6) is -0.895. The van der Waals surface area contributed by atoms with E-state index in [1.165, 1.54) is 0 Å². The van der Waals surface area contributed by atoms with E-state index < -0.39 is 23.4 Å². The van der Waals surface area contributed by atoms with Crippen LogP contribution in [-0.4, -0.2) is 79.2 Å². The quantitative estimate of drug-likeness (QED) is 0.522. The van der Waals surface area contributed by atoms with Crippen molar-refractivity contribution in [3.05, 3.63) is 0 Å². The predicted octanol–water partition coefficient (Wildman–Crippen LogP) is -1.34. The number of nitrogens with zero attached hydrogens (tertiary/aromatic N) is 2. The fraction of sp³-hybridized carbons (Fsp3) is 0.786. The number of likely N-dealkylation sites (N-methyl/N-ethyl adjacent to an activating group) is 1. The van der Waals surface area contributed by atoms with E-state index in [-0.39, 0.29) is 12.6 Å². The first kappa shape index (κ1) is 17.6. The number of nitrogens with one attached hydrogen (secondary N) is 3. The van der Waals surface area contributed by atoms with Crippen molar-refractivity contribution in [2.24, 2.45) is 0 Å². The fourth-order valence-electron chi connectivity index (χ4n) is 2.53. The maximum Gasteiger partial charge on any atom is 0.344 e. The van der Waals surface area contributed by atoms with Gasteiger partial charge >= 0.3 is 6.03 Å². The van der Waals surface area contributed by atoms with Crippen LogP contribution in [0.2, 0.25) is 0 Å². The molecule has 2 aliphatic heterocycles. The van der Waals surface area contributed by atoms with E-state index in [1.54, 1.807) is 13.8 Å². The molecule has 0 saturated carbocycles. The molecule has 23 heavy (non-hydrogen) atoms. The lowest BCUT2D eigenvalue weighted by molar-refractivity contribution is -0.138. The van der Waals surface area contributed by atoms with Crippen molar-refractivity contribution < 1.29 is 19.1 Å². The molecular formula is C14H25N5O4. The molecule has 2 fully saturated rings. The Labute approximate surface area is 135 Å². The lowest BCUT2D eigenvalue weighted by Crippen LogP contribution is -2.51. The first-order valence-electron chi connectivity index (χ1n) is 7.83. The lowest BCUT2D eigenvalue weighted by Gasteiger charge is -2.30. The van der Waals surface area contributed by atoms with E-state index in [4.69, 9.17) is 4.74 Å². The minimum atomic E-state index is -0.960. The van der Waals surface area contributed by atoms with Gasteiger partial charge in [-0.05, 0) is 20.4 Å². The Morgan fingerprint density at radius 2 is 2.22 bits per heavy atom. The van der Waals surface area contributed by atoms with Gasteiger partial charge < -0.3 is 20.3 Å². The predicted molar refractivity (Wildman–Crippen MR) is 82.3 cm³/mol. The van der Waals surface area contributed by atoms with Gasteiger partial charge in [0.25, 0.3) is 11.8 Å². The molecule has 0 aromatic carbocycles. The summed E-state index contributed by atoms with van der Waals surface area (Å²) < 4.78 is 5.58. The van der Waals surface area contributed by atoms with Crippen LogP contribution < -0.4 is 16.1 Å². The topological polar surface area (TPSA) is 103 Å². The van der Waals surface area contributed by atoms with Crippen LogP contribution in [0.5, 0.6) is 0 Å². The molecule has 9 nitrogen and oxygen atoms in total. The molecule has 130 valence electrons. The van der Waals surface area contributed by atoms with Crippen molar-refractivity contribution in [2.75, 3.05) is 39.8 Å². The average Bonchev–Trinajstić information content (AvgIpc) is 2.71. The summed E-state index contributed by atoms with van der Waals surface area (Å²) in [6.07, 6.45) is 0.482. The summed E-state index contributed by atoms with van der Waals surface area (Å²) in [6, 6.07) is -0.607. The highest BCUT2D eigenvalue weighted by Crippen LogP contribution is 2.18. The van der Waals surface area contributed by atoms with Gasteiger partial charge in [0.05, 0.1) is 19.3 Å². The SMILES string of the molecule is CC[C@]1(C)NC(=O)N(NC(=O)CNC[C@@H]2CN(C)CCO2)C1=O. The third-order valence-corrected chi connectivity index (χ3v) is 4.20. The van der Waals surface area contributed by atoms with Gasteiger partial charge in [0, 0.05) is 19.6 Å². The normalized spacial score (nSPS) is 28.8. The number of carbonyl (C=O) groups excluding carboxylic acids is 3. The molecule has 2 atom stereocenters. The second kappa shape index (κ2) is 7.24. The van der Waals surface area contributed by atoms with Crippen molar-refractivity contribution in [1.82, 2.24) is 26.0 Å². The summed E-state index contributed by atoms with van der Waals surface area (Å²) in [5.41, 5.74) is 1.37. The van der Waals surface area contributed by atoms with Crippen LogP contribution in [0.15, 0.2) is 0 Å². The number of ether oxygens (including phenoxy) is 1. The van der Waals surface area contributed by atoms with Gasteiger partial charge in [-0.2, -0.15) is 5.01 Å². The molecule has 4 amide bonds. The maximum atomic E-state index is 12.1. The molecule has 0 bridgehead atoms. The molecule has 0 radical (unpaired) electrons. The van der Waals surface area contributed by atoms with E-state index in [2.05, 4.69) is 21.0 Å². The Morgan fingerprint density at radius 1 is 1.48 bits per heavy atom. The van der Waals surface area contributed by atoms with Crippen LogP contribution in [0.4, 0.5) is 4.79 Å². The Hall–Kier alpha value is -1.71. The number of amides is 4. The second-order valence-corrected chi connectivity index (χ2v) is 6.18. The highest BCUT2D eigenvalue weighted by atomic mass is 16.5. The van der Waals surface area contributed by atoms with Gasteiger partial charge in [0.2, 0.25) is 0 Å². The van der Waals surface area contributed by atoms with E-state index in [1.807, 2.05) is 7.05 Å². The van der Waals surface area contributed by atoms with Gasteiger partial charge in [-0.15, -0.1) is 0 Å². The number of rotatable bonds is 6. The molecule has 2 rings (SSSR count). The van der Waals surface area contributed by atoms with E-state index in [0.717, 1.165) is 18.1 Å². The lowest BCUT2D eigenvalue weighted by atomic mass is 10.00. The Bertz CT molecular complexity index is 486. The molecule has 2 aliphatic rings. The minimum absolute atomic E-state index is 0.00345. The highest BCUT2D eigenvalue weighted by Gasteiger charge is 2.47. The van der Waals surface area contributed by atoms with E-state index in [0.29, 0.717) is 19.6 Å². The zero-order valence-corrected chi connectivity index (χ0v) is 13.8. The van der Waals surface area contributed by atoms with E-state index in [9.17, 15) is 14.4 Å². The van der Waals surface area contributed by atoms with Crippen molar-refractivity contribution in [3.8, 4) is 0 Å². The van der Waals surface area contributed by atoms with Gasteiger partial charge in [-0.3, -0.25) is 15.0 Å². The first-order chi connectivity index (χ1) is 10.9. The average molecular weight is 327 g/mol. The van der Waals surface area contributed by atoms with Crippen molar-refractivity contribution >= 4 is 17.8 Å². The molecule has 2 heterocycles. The number of hydrogen-bond acceptors (Lipinski definition) is 6. The molecule has 0 aromatic heterocycles. The molecular weight excluding hydrogens is 302 g/mol. The smallest absolute Gasteiger partial charge is 0.344 e. The van der Waals surface area contributed by atoms with Crippen LogP contribution in [0, 0.1) is 0 Å². The molecule has 9 heteroatoms. The number of morpholine rings is 1. The number of hydrogen-bond donors (Lipinski definition) is 3. The summed E-state index contributed by atoms with van der Waals surface area (Å²) in [7, 11) is 2.02. The standard InChI is InChI=1S/C14H25N5O4/c1-4-14(2)12(21)19(13(22)16-14)17-11(20)8-15-7-10-9-18(3)5-6-23-10/h10,15H,4-9H2,1-3H3,(H,16,22)(H,17,20)/t10-,14+/m1/s1. The van der Waals surface area contributed by atoms with Gasteiger partial charge in [-0.1, -0.05) is 6.92 Å². The van der Waals surface area contributed by atoms with E-state index >= 15 is 0 Å². The number of urea groups is 1. The maximum absolute atomic E-state index is 12.1. The Balaban J connectivity index is 1.74. The molecule has 0 aliphatic carbocycles. The zero-order valence-electron chi connectivity index (χ0n) is 13.8. The molecule has 0 unspecified atom stereocenters. The molecule has 0 spiro atoms. The van der Waals surface area contributed by atoms with Crippen LogP contribution >= 0.6 is 0 Å². The number of hydrazine groups is 1. The van der Waals surface area contributed by atoms with Gasteiger partial charge in [0.15, 0.2) is 0 Å². The number of carbonyl (C=O) groups is 3. The molecule has 0 aromatic rings. The van der Waals surface area contributed by atoms with Crippen molar-refractivity contribution in [1.29, 1.82) is 0 Å². The number of imide groups is 1. The minimum Gasteiger partial charge on any atom is -0.374 e. The largest absolute Gasteiger partial charge is 0.374 e. The van der Waals surface area contributed by atoms with Crippen LogP contribution in [0.25, 0.3) is 0 Å². The summed E-state index contributed by atoms with van der Waals surface area (Å²) >= 11 is 0. The molecule has 3 N–H and O–H groups in total. The van der Waals surface area contributed by atoms with Crippen LogP contribution in [0.3, 0.4) is 0 Å². The van der Waals surface area contributed by atoms with Crippen LogP contribution in [0.1, 0.15) is 20.3 Å². The zero-order chi connectivity index (χ0) is 17.0. The monoisotopic (exact) mass is 327 g/mol. The van der Waals surface area contributed by atoms with Gasteiger partial charge in [-0.25, -0.2) is 4.79 Å². The first-order valence-corrected chi connectivity index (χ1v) is 7.83. The summed E-state index contributed by atoms with van der Waals surface area (Å²) in [4.78, 5) is 38.0. The fourth-order valence-corrected chi connectivity index (χ4v) is 2.53. The molecule has 2 saturated heterocycles. The second-order valence-electron chi connectivity index (χ2n) is 6.18. The van der Waals surface area contributed by atoms with Gasteiger partial charge in [0.1, 0.15) is 5.54 Å². The summed E-state index contributed by atoms with van der Waals surface area (Å²) in [5, 5.41) is 6.30. The third-order valence-electron chi connectivity index (χ3n) is 4.20. The van der Waals surface area contributed by atoms with Crippen molar-refractivity contribution in [3.63, 3.8) is 0 Å². The Morgan fingerprint density at radius 3 is 2.83 bits per heavy atom. The highest BCUT2D eigenvalue weighted by molar-refractivity contribution is 6.07. The Kier molecular flexibility index (Phi) is 5.55.